The standard InChI is InChI=1S/C35H30N6O3S2/c36-33-38-25-15-23(11-13-29(25)45-33)19-40-27(17-21-7-3-1-4-8-21)31(42)32(43)28(18-22-9-5-2-6-10-22)41(35(40)44)20-24-12-14-30-26(16-24)39-34(37)46-30/h1-16,42-43H,17-20H2,(H2,36,38)(H2,37,39). The van der Waals surface area contributed by atoms with E-state index in [1.165, 1.54) is 22.7 Å². The smallest absolute Gasteiger partial charge is 0.329 e. The van der Waals surface area contributed by atoms with Gasteiger partial charge in [-0.25, -0.2) is 14.8 Å². The highest BCUT2D eigenvalue weighted by Gasteiger charge is 2.36. The van der Waals surface area contributed by atoms with Gasteiger partial charge in [0, 0.05) is 12.8 Å². The summed E-state index contributed by atoms with van der Waals surface area (Å²) in [7, 11) is 0. The SMILES string of the molecule is Nc1nc2cc(CN3C(=O)N(Cc4ccc5sc(N)nc5c4)C(Cc4ccccc4)=C(O)C(O)=C3Cc3ccccc3)ccc2s1. The normalized spacial score (nSPS) is 14.1. The van der Waals surface area contributed by atoms with Crippen molar-refractivity contribution in [1.82, 2.24) is 19.8 Å². The molecule has 0 fully saturated rings. The van der Waals surface area contributed by atoms with Crippen LogP contribution in [0.15, 0.2) is 120 Å². The van der Waals surface area contributed by atoms with Crippen LogP contribution in [0, 0.1) is 0 Å². The third-order valence-electron chi connectivity index (χ3n) is 7.93. The van der Waals surface area contributed by atoms with Crippen LogP contribution < -0.4 is 11.5 Å². The van der Waals surface area contributed by atoms with Crippen LogP contribution in [0.5, 0.6) is 0 Å². The number of anilines is 2. The maximum Gasteiger partial charge on any atom is 0.329 e. The summed E-state index contributed by atoms with van der Waals surface area (Å²) >= 11 is 2.79. The third-order valence-corrected chi connectivity index (χ3v) is 9.66. The Labute approximate surface area is 273 Å². The number of aliphatic hydroxyl groups is 2. The summed E-state index contributed by atoms with van der Waals surface area (Å²) in [6.45, 7) is 0.255. The number of nitrogens with two attached hydrogens (primary N) is 2. The first-order valence-corrected chi connectivity index (χ1v) is 16.3. The molecule has 230 valence electrons. The Balaban J connectivity index is 1.35. The van der Waals surface area contributed by atoms with Gasteiger partial charge in [0.2, 0.25) is 0 Å². The summed E-state index contributed by atoms with van der Waals surface area (Å²) in [5.41, 5.74) is 17.3. The molecule has 11 heteroatoms. The fourth-order valence-electron chi connectivity index (χ4n) is 5.71. The van der Waals surface area contributed by atoms with E-state index in [0.29, 0.717) is 21.7 Å². The Morgan fingerprint density at radius 1 is 0.587 bits per heavy atom. The Hall–Kier alpha value is -5.39. The number of amides is 2. The number of thiazole rings is 2. The molecule has 0 radical (unpaired) electrons. The Kier molecular flexibility index (Phi) is 7.77. The van der Waals surface area contributed by atoms with Crippen molar-refractivity contribution in [1.29, 1.82) is 0 Å². The molecular formula is C35H30N6O3S2. The number of allylic oxidation sites excluding steroid dienone is 2. The number of urea groups is 1. The first-order valence-electron chi connectivity index (χ1n) is 14.6. The highest BCUT2D eigenvalue weighted by atomic mass is 32.1. The van der Waals surface area contributed by atoms with Gasteiger partial charge in [-0.1, -0.05) is 95.5 Å². The van der Waals surface area contributed by atoms with Gasteiger partial charge >= 0.3 is 6.03 Å². The van der Waals surface area contributed by atoms with Gasteiger partial charge in [-0.2, -0.15) is 0 Å². The predicted molar refractivity (Wildman–Crippen MR) is 184 cm³/mol. The lowest BCUT2D eigenvalue weighted by Crippen LogP contribution is -2.41. The maximum atomic E-state index is 14.9. The van der Waals surface area contributed by atoms with Gasteiger partial charge in [-0.15, -0.1) is 0 Å². The second-order valence-corrected chi connectivity index (χ2v) is 13.2. The molecule has 1 aliphatic heterocycles. The number of fused-ring (bicyclic) bond motifs is 2. The first-order chi connectivity index (χ1) is 22.3. The van der Waals surface area contributed by atoms with E-state index in [2.05, 4.69) is 9.97 Å². The van der Waals surface area contributed by atoms with Crippen molar-refractivity contribution < 1.29 is 15.0 Å². The van der Waals surface area contributed by atoms with Crippen molar-refractivity contribution in [2.24, 2.45) is 0 Å². The number of benzene rings is 4. The van der Waals surface area contributed by atoms with E-state index in [1.807, 2.05) is 97.1 Å². The van der Waals surface area contributed by atoms with Crippen molar-refractivity contribution in [3.63, 3.8) is 0 Å². The molecule has 3 heterocycles. The van der Waals surface area contributed by atoms with Crippen molar-refractivity contribution in [3.05, 3.63) is 142 Å². The molecule has 2 amide bonds. The lowest BCUT2D eigenvalue weighted by molar-refractivity contribution is 0.171. The number of carbonyl (C=O) groups is 1. The van der Waals surface area contributed by atoms with Gasteiger partial charge in [-0.05, 0) is 46.5 Å². The zero-order valence-corrected chi connectivity index (χ0v) is 26.3. The van der Waals surface area contributed by atoms with Crippen molar-refractivity contribution in [2.45, 2.75) is 25.9 Å². The summed E-state index contributed by atoms with van der Waals surface area (Å²) in [6.07, 6.45) is 0.426. The average Bonchev–Trinajstić information content (AvgIpc) is 3.62. The van der Waals surface area contributed by atoms with Gasteiger partial charge in [0.25, 0.3) is 0 Å². The molecule has 0 spiro atoms. The number of nitrogens with zero attached hydrogens (tertiary/aromatic N) is 4. The van der Waals surface area contributed by atoms with Gasteiger partial charge in [-0.3, -0.25) is 9.80 Å². The molecule has 9 nitrogen and oxygen atoms in total. The van der Waals surface area contributed by atoms with E-state index < -0.39 is 0 Å². The van der Waals surface area contributed by atoms with Gasteiger partial charge in [0.15, 0.2) is 21.8 Å². The van der Waals surface area contributed by atoms with E-state index in [1.54, 1.807) is 9.80 Å². The van der Waals surface area contributed by atoms with Crippen molar-refractivity contribution in [2.75, 3.05) is 11.5 Å². The summed E-state index contributed by atoms with van der Waals surface area (Å²) in [4.78, 5) is 26.8. The Morgan fingerprint density at radius 3 is 1.41 bits per heavy atom. The summed E-state index contributed by atoms with van der Waals surface area (Å²) in [5, 5.41) is 24.5. The van der Waals surface area contributed by atoms with Crippen LogP contribution in [0.2, 0.25) is 0 Å². The van der Waals surface area contributed by atoms with Crippen molar-refractivity contribution in [3.8, 4) is 0 Å². The highest BCUT2D eigenvalue weighted by Crippen LogP contribution is 2.34. The van der Waals surface area contributed by atoms with E-state index in [4.69, 9.17) is 11.5 Å². The molecule has 6 N–H and O–H groups in total. The molecule has 0 saturated carbocycles. The van der Waals surface area contributed by atoms with Crippen LogP contribution in [-0.2, 0) is 25.9 Å². The molecule has 1 aliphatic rings. The molecule has 0 bridgehead atoms. The number of hydrogen-bond acceptors (Lipinski definition) is 9. The quantitative estimate of drug-likeness (QED) is 0.134. The van der Waals surface area contributed by atoms with Crippen LogP contribution in [0.25, 0.3) is 20.4 Å². The average molecular weight is 647 g/mol. The van der Waals surface area contributed by atoms with Gasteiger partial charge < -0.3 is 21.7 Å². The first kappa shape index (κ1) is 29.3. The molecule has 0 aliphatic carbocycles. The minimum Gasteiger partial charge on any atom is -0.503 e. The topological polar surface area (TPSA) is 142 Å². The van der Waals surface area contributed by atoms with Crippen LogP contribution in [0.4, 0.5) is 15.1 Å². The molecule has 6 aromatic rings. The third kappa shape index (κ3) is 5.85. The van der Waals surface area contributed by atoms with E-state index in [-0.39, 0.29) is 43.5 Å². The maximum absolute atomic E-state index is 14.9. The predicted octanol–water partition coefficient (Wildman–Crippen LogP) is 7.53. The lowest BCUT2D eigenvalue weighted by atomic mass is 10.0. The largest absolute Gasteiger partial charge is 0.503 e. The monoisotopic (exact) mass is 646 g/mol. The molecule has 0 atom stereocenters. The Bertz CT molecular complexity index is 1990. The Morgan fingerprint density at radius 2 is 1.00 bits per heavy atom. The number of aromatic nitrogens is 2. The summed E-state index contributed by atoms with van der Waals surface area (Å²) in [5.74, 6) is -0.681. The van der Waals surface area contributed by atoms with Crippen LogP contribution >= 0.6 is 22.7 Å². The van der Waals surface area contributed by atoms with Crippen LogP contribution in [0.3, 0.4) is 0 Å². The van der Waals surface area contributed by atoms with E-state index in [9.17, 15) is 15.0 Å². The molecule has 0 unspecified atom stereocenters. The zero-order chi connectivity index (χ0) is 31.8. The second-order valence-electron chi connectivity index (χ2n) is 11.1. The van der Waals surface area contributed by atoms with Gasteiger partial charge in [0.1, 0.15) is 0 Å². The fraction of sp³-hybridized carbons (Fsp3) is 0.114. The number of rotatable bonds is 8. The summed E-state index contributed by atoms with van der Waals surface area (Å²) in [6, 6.07) is 30.3. The number of hydrogen-bond donors (Lipinski definition) is 4. The minimum atomic E-state index is -0.386. The fourth-order valence-corrected chi connectivity index (χ4v) is 7.14. The molecule has 4 aromatic carbocycles. The molecule has 0 saturated heterocycles. The lowest BCUT2D eigenvalue weighted by Gasteiger charge is -2.31. The highest BCUT2D eigenvalue weighted by molar-refractivity contribution is 7.22. The van der Waals surface area contributed by atoms with Crippen LogP contribution in [-0.4, -0.2) is 36.0 Å². The number of aliphatic hydroxyl groups excluding tert-OH is 2. The van der Waals surface area contributed by atoms with Gasteiger partial charge in [0.05, 0.1) is 44.9 Å². The minimum absolute atomic E-state index is 0.127. The molecular weight excluding hydrogens is 617 g/mol. The molecule has 2 aromatic heterocycles. The molecule has 46 heavy (non-hydrogen) atoms. The number of carbonyl (C=O) groups excluding carboxylic acids is 1. The number of nitrogen functional groups attached to an aromatic ring is 2. The zero-order valence-electron chi connectivity index (χ0n) is 24.6. The summed E-state index contributed by atoms with van der Waals surface area (Å²) < 4.78 is 1.88. The van der Waals surface area contributed by atoms with Crippen molar-refractivity contribution >= 4 is 59.4 Å². The van der Waals surface area contributed by atoms with E-state index >= 15 is 0 Å². The van der Waals surface area contributed by atoms with Crippen LogP contribution in [0.1, 0.15) is 22.3 Å². The molecule has 7 rings (SSSR count). The van der Waals surface area contributed by atoms with E-state index in [0.717, 1.165) is 42.7 Å². The second kappa shape index (κ2) is 12.2.